The van der Waals surface area contributed by atoms with Crippen LogP contribution in [0, 0.1) is 0 Å². The summed E-state index contributed by atoms with van der Waals surface area (Å²) in [5.74, 6) is -0.598. The molecule has 1 rings (SSSR count). The number of carbonyl (C=O) groups excluding carboxylic acids is 1. The van der Waals surface area contributed by atoms with Crippen LogP contribution in [0.5, 0.6) is 0 Å². The minimum absolute atomic E-state index is 0.00184. The molecule has 130 valence electrons. The molecular weight excluding hydrogens is 309 g/mol. The van der Waals surface area contributed by atoms with Gasteiger partial charge in [-0.15, -0.1) is 0 Å². The van der Waals surface area contributed by atoms with E-state index in [1.54, 1.807) is 12.1 Å². The number of alkyl halides is 3. The van der Waals surface area contributed by atoms with Crippen molar-refractivity contribution in [3.05, 3.63) is 35.4 Å². The molecule has 1 aromatic rings. The molecule has 1 unspecified atom stereocenters. The van der Waals surface area contributed by atoms with Crippen LogP contribution in [0.15, 0.2) is 24.3 Å². The van der Waals surface area contributed by atoms with Crippen molar-refractivity contribution in [1.82, 2.24) is 10.6 Å². The lowest BCUT2D eigenvalue weighted by Gasteiger charge is -2.20. The van der Waals surface area contributed by atoms with Crippen LogP contribution in [0.25, 0.3) is 0 Å². The summed E-state index contributed by atoms with van der Waals surface area (Å²) in [6, 6.07) is 7.37. The molecule has 0 aliphatic heterocycles. The molecule has 7 heteroatoms. The third kappa shape index (κ3) is 7.47. The van der Waals surface area contributed by atoms with Gasteiger partial charge in [-0.1, -0.05) is 45.0 Å². The molecule has 0 saturated heterocycles. The van der Waals surface area contributed by atoms with E-state index in [4.69, 9.17) is 0 Å². The highest BCUT2D eigenvalue weighted by molar-refractivity contribution is 5.78. The average Bonchev–Trinajstić information content (AvgIpc) is 2.42. The fourth-order valence-corrected chi connectivity index (χ4v) is 1.91. The summed E-state index contributed by atoms with van der Waals surface area (Å²) in [5, 5.41) is 14.4. The molecule has 0 aliphatic carbocycles. The lowest BCUT2D eigenvalue weighted by Crippen LogP contribution is -2.39. The van der Waals surface area contributed by atoms with Gasteiger partial charge in [-0.05, 0) is 16.5 Å². The van der Waals surface area contributed by atoms with Crippen molar-refractivity contribution in [1.29, 1.82) is 0 Å². The number of rotatable bonds is 6. The van der Waals surface area contributed by atoms with Crippen LogP contribution < -0.4 is 10.6 Å². The average molecular weight is 332 g/mol. The summed E-state index contributed by atoms with van der Waals surface area (Å²) in [5.41, 5.74) is 1.76. The second-order valence-electron chi connectivity index (χ2n) is 6.41. The monoisotopic (exact) mass is 332 g/mol. The van der Waals surface area contributed by atoms with E-state index in [2.05, 4.69) is 26.1 Å². The normalized spacial score (nSPS) is 13.7. The van der Waals surface area contributed by atoms with Gasteiger partial charge in [0.1, 0.15) is 0 Å². The van der Waals surface area contributed by atoms with Gasteiger partial charge in [-0.3, -0.25) is 4.79 Å². The van der Waals surface area contributed by atoms with Gasteiger partial charge in [-0.2, -0.15) is 13.2 Å². The first-order chi connectivity index (χ1) is 10.5. The smallest absolute Gasteiger partial charge is 0.387 e. The molecule has 0 heterocycles. The van der Waals surface area contributed by atoms with Crippen LogP contribution in [-0.4, -0.2) is 36.8 Å². The molecule has 1 aromatic carbocycles. The van der Waals surface area contributed by atoms with Gasteiger partial charge in [0.15, 0.2) is 0 Å². The molecule has 0 spiro atoms. The van der Waals surface area contributed by atoms with Crippen LogP contribution in [0.4, 0.5) is 13.2 Å². The Labute approximate surface area is 134 Å². The minimum Gasteiger partial charge on any atom is -0.387 e. The number of hydrogen-bond acceptors (Lipinski definition) is 3. The first kappa shape index (κ1) is 19.4. The molecule has 4 nitrogen and oxygen atoms in total. The zero-order valence-corrected chi connectivity index (χ0v) is 13.5. The van der Waals surface area contributed by atoms with E-state index >= 15 is 0 Å². The van der Waals surface area contributed by atoms with E-state index in [0.29, 0.717) is 5.56 Å². The number of halogens is 3. The van der Waals surface area contributed by atoms with Crippen LogP contribution in [0.1, 0.15) is 38.0 Å². The van der Waals surface area contributed by atoms with Crippen LogP contribution in [-0.2, 0) is 10.2 Å². The molecular formula is C16H23F3N2O2. The first-order valence-electron chi connectivity index (χ1n) is 7.32. The zero-order valence-electron chi connectivity index (χ0n) is 13.5. The minimum atomic E-state index is -4.35. The Hall–Kier alpha value is -1.60. The fraction of sp³-hybridized carbons (Fsp3) is 0.562. The third-order valence-electron chi connectivity index (χ3n) is 3.27. The summed E-state index contributed by atoms with van der Waals surface area (Å²) < 4.78 is 35.8. The van der Waals surface area contributed by atoms with Crippen molar-refractivity contribution < 1.29 is 23.1 Å². The topological polar surface area (TPSA) is 61.4 Å². The molecule has 0 fully saturated rings. The summed E-state index contributed by atoms with van der Waals surface area (Å²) in [6.45, 7) is 4.50. The SMILES string of the molecule is CC(C)(C)c1ccc(C(O)CNC(=O)CNCC(F)(F)F)cc1. The Bertz CT molecular complexity index is 508. The summed E-state index contributed by atoms with van der Waals surface area (Å²) >= 11 is 0. The van der Waals surface area contributed by atoms with Crippen molar-refractivity contribution in [2.45, 2.75) is 38.5 Å². The van der Waals surface area contributed by atoms with Gasteiger partial charge in [-0.25, -0.2) is 0 Å². The van der Waals surface area contributed by atoms with Crippen molar-refractivity contribution in [3.63, 3.8) is 0 Å². The van der Waals surface area contributed by atoms with Crippen molar-refractivity contribution >= 4 is 5.91 Å². The van der Waals surface area contributed by atoms with Gasteiger partial charge in [0.2, 0.25) is 5.91 Å². The molecule has 1 amide bonds. The Morgan fingerprint density at radius 2 is 1.74 bits per heavy atom. The molecule has 0 aliphatic rings. The molecule has 0 saturated carbocycles. The maximum atomic E-state index is 11.9. The van der Waals surface area contributed by atoms with Gasteiger partial charge >= 0.3 is 6.18 Å². The van der Waals surface area contributed by atoms with Crippen molar-refractivity contribution in [2.24, 2.45) is 0 Å². The van der Waals surface area contributed by atoms with Crippen molar-refractivity contribution in [3.8, 4) is 0 Å². The van der Waals surface area contributed by atoms with Crippen molar-refractivity contribution in [2.75, 3.05) is 19.6 Å². The number of benzene rings is 1. The number of nitrogens with one attached hydrogen (secondary N) is 2. The molecule has 0 aromatic heterocycles. The van der Waals surface area contributed by atoms with E-state index < -0.39 is 31.3 Å². The van der Waals surface area contributed by atoms with E-state index in [9.17, 15) is 23.1 Å². The Morgan fingerprint density at radius 1 is 1.17 bits per heavy atom. The highest BCUT2D eigenvalue weighted by Gasteiger charge is 2.26. The second-order valence-corrected chi connectivity index (χ2v) is 6.41. The summed E-state index contributed by atoms with van der Waals surface area (Å²) in [4.78, 5) is 11.4. The van der Waals surface area contributed by atoms with E-state index in [1.807, 2.05) is 17.4 Å². The van der Waals surface area contributed by atoms with Gasteiger partial charge in [0.25, 0.3) is 0 Å². The van der Waals surface area contributed by atoms with Gasteiger partial charge in [0.05, 0.1) is 19.2 Å². The number of aliphatic hydroxyl groups excluding tert-OH is 1. The summed E-state index contributed by atoms with van der Waals surface area (Å²) in [7, 11) is 0. The Morgan fingerprint density at radius 3 is 2.22 bits per heavy atom. The first-order valence-corrected chi connectivity index (χ1v) is 7.32. The van der Waals surface area contributed by atoms with Gasteiger partial charge < -0.3 is 15.7 Å². The lowest BCUT2D eigenvalue weighted by molar-refractivity contribution is -0.128. The quantitative estimate of drug-likeness (QED) is 0.749. The van der Waals surface area contributed by atoms with E-state index in [0.717, 1.165) is 5.56 Å². The number of hydrogen-bond donors (Lipinski definition) is 3. The molecule has 23 heavy (non-hydrogen) atoms. The number of amides is 1. The maximum Gasteiger partial charge on any atom is 0.401 e. The third-order valence-corrected chi connectivity index (χ3v) is 3.27. The molecule has 0 radical (unpaired) electrons. The van der Waals surface area contributed by atoms with Crippen LogP contribution in [0.3, 0.4) is 0 Å². The fourth-order valence-electron chi connectivity index (χ4n) is 1.91. The highest BCUT2D eigenvalue weighted by atomic mass is 19.4. The van der Waals surface area contributed by atoms with Crippen LogP contribution in [0.2, 0.25) is 0 Å². The number of aliphatic hydroxyl groups is 1. The predicted molar refractivity (Wildman–Crippen MR) is 82.0 cm³/mol. The Balaban J connectivity index is 2.41. The Kier molecular flexibility index (Phi) is 6.58. The van der Waals surface area contributed by atoms with E-state index in [1.165, 1.54) is 0 Å². The van der Waals surface area contributed by atoms with Crippen LogP contribution >= 0.6 is 0 Å². The highest BCUT2D eigenvalue weighted by Crippen LogP contribution is 2.23. The molecule has 0 bridgehead atoms. The molecule has 1 atom stereocenters. The summed E-state index contributed by atoms with van der Waals surface area (Å²) in [6.07, 6.45) is -5.26. The molecule has 3 N–H and O–H groups in total. The largest absolute Gasteiger partial charge is 0.401 e. The van der Waals surface area contributed by atoms with E-state index in [-0.39, 0.29) is 12.0 Å². The zero-order chi connectivity index (χ0) is 17.7. The standard InChI is InChI=1S/C16H23F3N2O2/c1-15(2,3)12-6-4-11(5-7-12)13(22)8-21-14(23)9-20-10-16(17,18)19/h4-7,13,20,22H,8-10H2,1-3H3,(H,21,23). The maximum absolute atomic E-state index is 11.9. The lowest BCUT2D eigenvalue weighted by atomic mass is 9.86. The van der Waals surface area contributed by atoms with Gasteiger partial charge in [0, 0.05) is 6.54 Å². The second kappa shape index (κ2) is 7.79. The number of carbonyl (C=O) groups is 1. The predicted octanol–water partition coefficient (Wildman–Crippen LogP) is 2.29.